The average molecular weight is 570 g/mol. The molecule has 0 radical (unpaired) electrons. The van der Waals surface area contributed by atoms with Crippen molar-refractivity contribution in [2.45, 2.75) is 53.4 Å². The van der Waals surface area contributed by atoms with Crippen molar-refractivity contribution in [3.63, 3.8) is 0 Å². The van der Waals surface area contributed by atoms with E-state index in [2.05, 4.69) is 0 Å². The van der Waals surface area contributed by atoms with Gasteiger partial charge in [0.1, 0.15) is 36.6 Å². The van der Waals surface area contributed by atoms with Gasteiger partial charge < -0.3 is 65.3 Å². The summed E-state index contributed by atoms with van der Waals surface area (Å²) in [4.78, 5) is 67.4. The van der Waals surface area contributed by atoms with Gasteiger partial charge in [0.25, 0.3) is 0 Å². The molecule has 18 nitrogen and oxygen atoms in total. The Labute approximate surface area is 218 Å². The van der Waals surface area contributed by atoms with Crippen LogP contribution in [0.4, 0.5) is 0 Å². The highest BCUT2D eigenvalue weighted by Crippen LogP contribution is 2.60. The zero-order valence-corrected chi connectivity index (χ0v) is 20.2. The molecule has 10 N–H and O–H groups in total. The Hall–Kier alpha value is -2.17. The summed E-state index contributed by atoms with van der Waals surface area (Å²) in [5.74, 6) is -10.2. The second kappa shape index (κ2) is 12.6. The van der Waals surface area contributed by atoms with Crippen LogP contribution in [0.3, 0.4) is 0 Å². The third-order valence-corrected chi connectivity index (χ3v) is 6.26. The van der Waals surface area contributed by atoms with Crippen molar-refractivity contribution < 1.29 is 89.2 Å². The van der Waals surface area contributed by atoms with Crippen molar-refractivity contribution in [3.05, 3.63) is 0 Å². The van der Waals surface area contributed by atoms with E-state index < -0.39 is 122 Å². The first-order valence-corrected chi connectivity index (χ1v) is 11.4. The molecular formula is C21H30O18. The number of hydrogen-bond donors (Lipinski definition) is 10. The summed E-state index contributed by atoms with van der Waals surface area (Å²) in [6.07, 6.45) is -14.4. The maximum absolute atomic E-state index is 13.6. The minimum Gasteiger partial charge on any atom is -0.393 e. The van der Waals surface area contributed by atoms with Crippen LogP contribution < -0.4 is 0 Å². The molecule has 0 aliphatic carbocycles. The van der Waals surface area contributed by atoms with E-state index in [0.29, 0.717) is 0 Å². The topological polar surface area (TPSA) is 322 Å². The fraction of sp³-hybridized carbons (Fsp3) is 0.762. The van der Waals surface area contributed by atoms with Crippen LogP contribution in [0.25, 0.3) is 0 Å². The SMILES string of the molecule is O=C(C(O)CO)C(OCC1CO1)(C(=O)C(O)CO)C1(C(=O)C(O)CO)OC1(C(=O)C(O)CO)C(=O)C(O)CO. The number of hydrogen-bond acceptors (Lipinski definition) is 18. The second-order valence-corrected chi connectivity index (χ2v) is 8.73. The molecule has 0 bridgehead atoms. The fourth-order valence-electron chi connectivity index (χ4n) is 4.17. The van der Waals surface area contributed by atoms with Crippen LogP contribution in [-0.2, 0) is 38.2 Å². The van der Waals surface area contributed by atoms with E-state index in [-0.39, 0.29) is 6.61 Å². The van der Waals surface area contributed by atoms with Gasteiger partial charge in [-0.3, -0.25) is 24.0 Å². The normalized spacial score (nSPS) is 29.3. The molecule has 0 aromatic heterocycles. The number of epoxide rings is 2. The highest BCUT2D eigenvalue weighted by molar-refractivity contribution is 6.30. The molecule has 0 aromatic rings. The number of ether oxygens (including phenoxy) is 3. The molecule has 39 heavy (non-hydrogen) atoms. The molecule has 2 fully saturated rings. The minimum atomic E-state index is -3.94. The molecule has 222 valence electrons. The second-order valence-electron chi connectivity index (χ2n) is 8.73. The summed E-state index contributed by atoms with van der Waals surface area (Å²) >= 11 is 0. The van der Waals surface area contributed by atoms with Crippen LogP contribution in [0.5, 0.6) is 0 Å². The van der Waals surface area contributed by atoms with Crippen molar-refractivity contribution in [1.82, 2.24) is 0 Å². The number of aliphatic hydroxyl groups excluding tert-OH is 10. The summed E-state index contributed by atoms with van der Waals surface area (Å²) in [6, 6.07) is 0. The van der Waals surface area contributed by atoms with Gasteiger partial charge in [0.2, 0.25) is 45.7 Å². The monoisotopic (exact) mass is 570 g/mol. The first-order chi connectivity index (χ1) is 18.2. The van der Waals surface area contributed by atoms with Crippen LogP contribution in [0.2, 0.25) is 0 Å². The molecular weight excluding hydrogens is 540 g/mol. The Kier molecular flexibility index (Phi) is 10.6. The molecule has 7 unspecified atom stereocenters. The Morgan fingerprint density at radius 3 is 1.38 bits per heavy atom. The molecule has 0 saturated carbocycles. The highest BCUT2D eigenvalue weighted by Gasteiger charge is 2.94. The van der Waals surface area contributed by atoms with Crippen LogP contribution in [0, 0.1) is 0 Å². The summed E-state index contributed by atoms with van der Waals surface area (Å²) < 4.78 is 15.4. The van der Waals surface area contributed by atoms with E-state index in [9.17, 15) is 75.0 Å². The van der Waals surface area contributed by atoms with E-state index in [4.69, 9.17) is 14.2 Å². The van der Waals surface area contributed by atoms with Gasteiger partial charge >= 0.3 is 0 Å². The molecule has 2 heterocycles. The van der Waals surface area contributed by atoms with E-state index in [0.717, 1.165) is 0 Å². The lowest BCUT2D eigenvalue weighted by molar-refractivity contribution is -0.186. The zero-order valence-electron chi connectivity index (χ0n) is 20.2. The highest BCUT2D eigenvalue weighted by atomic mass is 16.7. The lowest BCUT2D eigenvalue weighted by Crippen LogP contribution is -2.74. The summed E-state index contributed by atoms with van der Waals surface area (Å²) in [5, 5.41) is 97.9. The Morgan fingerprint density at radius 2 is 1.05 bits per heavy atom. The molecule has 7 atom stereocenters. The summed E-state index contributed by atoms with van der Waals surface area (Å²) in [6.45, 7) is -8.46. The molecule has 18 heteroatoms. The third-order valence-electron chi connectivity index (χ3n) is 6.26. The largest absolute Gasteiger partial charge is 0.393 e. The van der Waals surface area contributed by atoms with Gasteiger partial charge in [0.15, 0.2) is 0 Å². The Balaban J connectivity index is 3.09. The number of carbonyl (C=O) groups is 5. The van der Waals surface area contributed by atoms with Crippen LogP contribution in [0.1, 0.15) is 0 Å². The molecule has 2 aliphatic heterocycles. The smallest absolute Gasteiger partial charge is 0.231 e. The average Bonchev–Trinajstić information content (AvgIpc) is 3.89. The number of carbonyl (C=O) groups excluding carboxylic acids is 5. The first-order valence-electron chi connectivity index (χ1n) is 11.4. The number of aliphatic hydroxyl groups is 10. The van der Waals surface area contributed by atoms with Gasteiger partial charge in [-0.05, 0) is 0 Å². The maximum atomic E-state index is 13.6. The molecule has 0 aromatic carbocycles. The van der Waals surface area contributed by atoms with Crippen molar-refractivity contribution in [2.75, 3.05) is 46.2 Å². The van der Waals surface area contributed by atoms with E-state index >= 15 is 0 Å². The first kappa shape index (κ1) is 33.0. The maximum Gasteiger partial charge on any atom is 0.231 e. The van der Waals surface area contributed by atoms with E-state index in [1.807, 2.05) is 0 Å². The van der Waals surface area contributed by atoms with Crippen molar-refractivity contribution in [3.8, 4) is 0 Å². The fourth-order valence-corrected chi connectivity index (χ4v) is 4.17. The van der Waals surface area contributed by atoms with Crippen LogP contribution in [-0.4, -0.2) is 180 Å². The predicted octanol–water partition coefficient (Wildman–Crippen LogP) is -8.74. The molecule has 2 saturated heterocycles. The quantitative estimate of drug-likeness (QED) is 0.0509. The number of Topliss-reactive ketones (excluding diaryl/α,β-unsaturated/α-hetero) is 5. The van der Waals surface area contributed by atoms with Crippen LogP contribution in [0.15, 0.2) is 0 Å². The summed E-state index contributed by atoms with van der Waals surface area (Å²) in [5.41, 5.74) is -11.6. The van der Waals surface area contributed by atoms with Gasteiger partial charge in [-0.25, -0.2) is 0 Å². The Bertz CT molecular complexity index is 917. The van der Waals surface area contributed by atoms with Gasteiger partial charge in [-0.2, -0.15) is 0 Å². The zero-order chi connectivity index (χ0) is 29.9. The molecule has 0 spiro atoms. The van der Waals surface area contributed by atoms with Gasteiger partial charge in [0.05, 0.1) is 46.2 Å². The standard InChI is InChI=1S/C21H30O18/c22-1-9(27)14(32)19(15(33)10(28)2-23,38-7-8-6-37-8)21(18(36)13(31)5-26)20(39-21,16(34)11(29)3-24)17(35)12(30)4-25/h8-13,22-31H,1-7H2. The van der Waals surface area contributed by atoms with Gasteiger partial charge in [-0.1, -0.05) is 0 Å². The Morgan fingerprint density at radius 1 is 0.692 bits per heavy atom. The van der Waals surface area contributed by atoms with Gasteiger partial charge in [-0.15, -0.1) is 0 Å². The summed E-state index contributed by atoms with van der Waals surface area (Å²) in [7, 11) is 0. The third kappa shape index (κ3) is 5.20. The van der Waals surface area contributed by atoms with Crippen molar-refractivity contribution in [1.29, 1.82) is 0 Å². The van der Waals surface area contributed by atoms with E-state index in [1.165, 1.54) is 0 Å². The van der Waals surface area contributed by atoms with Gasteiger partial charge in [0, 0.05) is 0 Å². The molecule has 0 amide bonds. The van der Waals surface area contributed by atoms with Crippen LogP contribution >= 0.6 is 0 Å². The lowest BCUT2D eigenvalue weighted by atomic mass is 9.64. The lowest BCUT2D eigenvalue weighted by Gasteiger charge is -2.39. The number of rotatable bonds is 19. The molecule has 2 rings (SSSR count). The predicted molar refractivity (Wildman–Crippen MR) is 115 cm³/mol. The van der Waals surface area contributed by atoms with E-state index in [1.54, 1.807) is 0 Å². The minimum absolute atomic E-state index is 0.0694. The van der Waals surface area contributed by atoms with Crippen molar-refractivity contribution in [2.24, 2.45) is 0 Å². The van der Waals surface area contributed by atoms with Crippen molar-refractivity contribution >= 4 is 28.9 Å². The number of ketones is 5. The molecule has 2 aliphatic rings.